The number of fused-ring (bicyclic) bond motifs is 1. The van der Waals surface area contributed by atoms with Crippen LogP contribution in [0.25, 0.3) is 10.9 Å². The van der Waals surface area contributed by atoms with Crippen LogP contribution in [0.5, 0.6) is 5.75 Å². The third-order valence-corrected chi connectivity index (χ3v) is 2.78. The molecule has 3 nitrogen and oxygen atoms in total. The van der Waals surface area contributed by atoms with Crippen LogP contribution in [0.1, 0.15) is 12.6 Å². The summed E-state index contributed by atoms with van der Waals surface area (Å²) in [7, 11) is 4.11. The predicted molar refractivity (Wildman–Crippen MR) is 66.7 cm³/mol. The predicted octanol–water partition coefficient (Wildman–Crippen LogP) is 2.43. The van der Waals surface area contributed by atoms with E-state index in [-0.39, 0.29) is 0 Å². The van der Waals surface area contributed by atoms with Gasteiger partial charge in [0, 0.05) is 24.2 Å². The van der Waals surface area contributed by atoms with Crippen LogP contribution in [-0.4, -0.2) is 28.7 Å². The quantitative estimate of drug-likeness (QED) is 0.857. The van der Waals surface area contributed by atoms with Crippen LogP contribution in [0.2, 0.25) is 0 Å². The Morgan fingerprint density at radius 1 is 1.31 bits per heavy atom. The van der Waals surface area contributed by atoms with Crippen LogP contribution in [0, 0.1) is 0 Å². The van der Waals surface area contributed by atoms with Gasteiger partial charge in [-0.15, -0.1) is 0 Å². The van der Waals surface area contributed by atoms with Gasteiger partial charge in [0.1, 0.15) is 5.75 Å². The first-order valence-electron chi connectivity index (χ1n) is 5.58. The first kappa shape index (κ1) is 11.0. The summed E-state index contributed by atoms with van der Waals surface area (Å²) in [5.74, 6) is 0.365. The van der Waals surface area contributed by atoms with Crippen molar-refractivity contribution in [2.75, 3.05) is 14.1 Å². The molecule has 0 saturated heterocycles. The van der Waals surface area contributed by atoms with Gasteiger partial charge < -0.3 is 14.6 Å². The number of hydrogen-bond donors (Lipinski definition) is 1. The molecule has 2 aromatic rings. The Balaban J connectivity index is 2.62. The molecule has 3 heteroatoms. The number of hydrogen-bond acceptors (Lipinski definition) is 2. The van der Waals surface area contributed by atoms with Crippen LogP contribution in [0.15, 0.2) is 24.3 Å². The lowest BCUT2D eigenvalue weighted by molar-refractivity contribution is 0.389. The largest absolute Gasteiger partial charge is 0.506 e. The highest BCUT2D eigenvalue weighted by molar-refractivity contribution is 5.86. The second kappa shape index (κ2) is 4.18. The molecule has 2 rings (SSSR count). The van der Waals surface area contributed by atoms with E-state index < -0.39 is 0 Å². The summed E-state index contributed by atoms with van der Waals surface area (Å²) in [6.07, 6.45) is 0. The number of para-hydroxylation sites is 1. The third kappa shape index (κ3) is 1.78. The van der Waals surface area contributed by atoms with Gasteiger partial charge in [-0.1, -0.05) is 12.1 Å². The van der Waals surface area contributed by atoms with E-state index in [0.717, 1.165) is 24.0 Å². The molecule has 1 N–H and O–H groups in total. The van der Waals surface area contributed by atoms with Crippen molar-refractivity contribution in [3.05, 3.63) is 30.0 Å². The lowest BCUT2D eigenvalue weighted by Gasteiger charge is -2.12. The second-order valence-corrected chi connectivity index (χ2v) is 4.33. The average molecular weight is 218 g/mol. The molecule has 0 spiro atoms. The zero-order valence-electron chi connectivity index (χ0n) is 10.1. The Hall–Kier alpha value is -1.48. The van der Waals surface area contributed by atoms with Crippen molar-refractivity contribution in [1.29, 1.82) is 0 Å². The van der Waals surface area contributed by atoms with E-state index in [1.54, 1.807) is 6.07 Å². The molecule has 0 aliphatic rings. The third-order valence-electron chi connectivity index (χ3n) is 2.78. The minimum Gasteiger partial charge on any atom is -0.506 e. The van der Waals surface area contributed by atoms with E-state index in [1.165, 1.54) is 5.69 Å². The van der Waals surface area contributed by atoms with Crippen LogP contribution in [-0.2, 0) is 13.1 Å². The molecule has 0 bridgehead atoms. The van der Waals surface area contributed by atoms with Gasteiger partial charge in [-0.05, 0) is 33.2 Å². The molecular weight excluding hydrogens is 200 g/mol. The molecular formula is C13H18N2O. The van der Waals surface area contributed by atoms with Crippen molar-refractivity contribution >= 4 is 10.9 Å². The highest BCUT2D eigenvalue weighted by Gasteiger charge is 2.10. The lowest BCUT2D eigenvalue weighted by Crippen LogP contribution is -2.14. The van der Waals surface area contributed by atoms with Crippen molar-refractivity contribution in [2.24, 2.45) is 0 Å². The fourth-order valence-corrected chi connectivity index (χ4v) is 2.18. The van der Waals surface area contributed by atoms with Crippen molar-refractivity contribution in [2.45, 2.75) is 20.0 Å². The Morgan fingerprint density at radius 2 is 2.06 bits per heavy atom. The molecule has 0 amide bonds. The zero-order chi connectivity index (χ0) is 11.7. The number of aromatic nitrogens is 1. The van der Waals surface area contributed by atoms with Gasteiger partial charge in [0.25, 0.3) is 0 Å². The monoisotopic (exact) mass is 218 g/mol. The molecule has 1 aromatic carbocycles. The maximum absolute atomic E-state index is 9.90. The zero-order valence-corrected chi connectivity index (χ0v) is 10.1. The molecule has 1 aromatic heterocycles. The number of aryl methyl sites for hydroxylation is 1. The SMILES string of the molecule is CCn1c(CN(C)C)cc2cccc(O)c21. The molecule has 0 fully saturated rings. The van der Waals surface area contributed by atoms with Gasteiger partial charge in [0.15, 0.2) is 0 Å². The Labute approximate surface area is 95.9 Å². The number of phenols is 1. The molecule has 0 atom stereocenters. The van der Waals surface area contributed by atoms with Gasteiger partial charge in [0.2, 0.25) is 0 Å². The maximum atomic E-state index is 9.90. The molecule has 0 aliphatic heterocycles. The minimum atomic E-state index is 0.365. The summed E-state index contributed by atoms with van der Waals surface area (Å²) in [4.78, 5) is 2.14. The van der Waals surface area contributed by atoms with E-state index in [1.807, 2.05) is 12.1 Å². The van der Waals surface area contributed by atoms with Gasteiger partial charge in [-0.3, -0.25) is 0 Å². The molecule has 0 aliphatic carbocycles. The standard InChI is InChI=1S/C13H18N2O/c1-4-15-11(9-14(2)3)8-10-6-5-7-12(16)13(10)15/h5-8,16H,4,9H2,1-3H3. The molecule has 0 radical (unpaired) electrons. The number of phenolic OH excluding ortho intramolecular Hbond substituents is 1. The fraction of sp³-hybridized carbons (Fsp3) is 0.385. The van der Waals surface area contributed by atoms with E-state index >= 15 is 0 Å². The van der Waals surface area contributed by atoms with E-state index in [2.05, 4.69) is 36.6 Å². The van der Waals surface area contributed by atoms with Crippen molar-refractivity contribution < 1.29 is 5.11 Å². The van der Waals surface area contributed by atoms with Crippen molar-refractivity contribution in [1.82, 2.24) is 9.47 Å². The van der Waals surface area contributed by atoms with Crippen LogP contribution in [0.4, 0.5) is 0 Å². The van der Waals surface area contributed by atoms with E-state index in [9.17, 15) is 5.11 Å². The van der Waals surface area contributed by atoms with Gasteiger partial charge in [-0.2, -0.15) is 0 Å². The second-order valence-electron chi connectivity index (χ2n) is 4.33. The van der Waals surface area contributed by atoms with Crippen LogP contribution < -0.4 is 0 Å². The Kier molecular flexibility index (Phi) is 2.88. The summed E-state index contributed by atoms with van der Waals surface area (Å²) >= 11 is 0. The average Bonchev–Trinajstić information content (AvgIpc) is 2.55. The van der Waals surface area contributed by atoms with Crippen molar-refractivity contribution in [3.8, 4) is 5.75 Å². The normalized spacial score (nSPS) is 11.5. The molecule has 16 heavy (non-hydrogen) atoms. The maximum Gasteiger partial charge on any atom is 0.139 e. The molecule has 1 heterocycles. The number of rotatable bonds is 3. The molecule has 0 saturated carbocycles. The summed E-state index contributed by atoms with van der Waals surface area (Å²) in [6, 6.07) is 7.82. The van der Waals surface area contributed by atoms with E-state index in [0.29, 0.717) is 5.75 Å². The van der Waals surface area contributed by atoms with Crippen LogP contribution >= 0.6 is 0 Å². The lowest BCUT2D eigenvalue weighted by atomic mass is 10.2. The van der Waals surface area contributed by atoms with Crippen molar-refractivity contribution in [3.63, 3.8) is 0 Å². The summed E-state index contributed by atoms with van der Waals surface area (Å²) in [5.41, 5.74) is 2.19. The smallest absolute Gasteiger partial charge is 0.139 e. The molecule has 86 valence electrons. The number of aromatic hydroxyl groups is 1. The highest BCUT2D eigenvalue weighted by atomic mass is 16.3. The summed E-state index contributed by atoms with van der Waals surface area (Å²) in [6.45, 7) is 3.87. The number of nitrogens with zero attached hydrogens (tertiary/aromatic N) is 2. The Bertz CT molecular complexity index is 500. The number of benzene rings is 1. The summed E-state index contributed by atoms with van der Waals surface area (Å²) < 4.78 is 2.17. The van der Waals surface area contributed by atoms with Gasteiger partial charge in [0.05, 0.1) is 5.52 Å². The first-order valence-corrected chi connectivity index (χ1v) is 5.58. The topological polar surface area (TPSA) is 28.4 Å². The first-order chi connectivity index (χ1) is 7.63. The van der Waals surface area contributed by atoms with Gasteiger partial charge in [-0.25, -0.2) is 0 Å². The summed E-state index contributed by atoms with van der Waals surface area (Å²) in [5, 5.41) is 11.0. The van der Waals surface area contributed by atoms with Crippen LogP contribution in [0.3, 0.4) is 0 Å². The van der Waals surface area contributed by atoms with E-state index in [4.69, 9.17) is 0 Å². The Morgan fingerprint density at radius 3 is 2.69 bits per heavy atom. The molecule has 0 unspecified atom stereocenters. The fourth-order valence-electron chi connectivity index (χ4n) is 2.18. The minimum absolute atomic E-state index is 0.365. The highest BCUT2D eigenvalue weighted by Crippen LogP contribution is 2.28. The van der Waals surface area contributed by atoms with Gasteiger partial charge >= 0.3 is 0 Å².